The van der Waals surface area contributed by atoms with Crippen LogP contribution in [0.4, 0.5) is 0 Å². The van der Waals surface area contributed by atoms with Crippen LogP contribution in [0.2, 0.25) is 0 Å². The van der Waals surface area contributed by atoms with Gasteiger partial charge in [-0.15, -0.1) is 0 Å². The molecule has 2 aromatic rings. The number of fused-ring (bicyclic) bond motifs is 1. The van der Waals surface area contributed by atoms with Gasteiger partial charge in [0.1, 0.15) is 0 Å². The summed E-state index contributed by atoms with van der Waals surface area (Å²) in [6.07, 6.45) is 2.39. The van der Waals surface area contributed by atoms with Crippen molar-refractivity contribution in [1.82, 2.24) is 4.40 Å². The summed E-state index contributed by atoms with van der Waals surface area (Å²) in [5.41, 5.74) is 1.83. The summed E-state index contributed by atoms with van der Waals surface area (Å²) >= 11 is 0. The lowest BCUT2D eigenvalue weighted by Crippen LogP contribution is -2.17. The maximum absolute atomic E-state index is 11.9. The lowest BCUT2D eigenvalue weighted by atomic mass is 10.1. The van der Waals surface area contributed by atoms with Gasteiger partial charge in [-0.25, -0.2) is 0 Å². The highest BCUT2D eigenvalue weighted by molar-refractivity contribution is 5.75. The van der Waals surface area contributed by atoms with E-state index in [0.717, 1.165) is 11.1 Å². The molecule has 0 saturated carbocycles. The average Bonchev–Trinajstić information content (AvgIpc) is 2.29. The van der Waals surface area contributed by atoms with Crippen LogP contribution >= 0.6 is 0 Å². The van der Waals surface area contributed by atoms with Crippen LogP contribution in [0.15, 0.2) is 35.3 Å². The van der Waals surface area contributed by atoms with Gasteiger partial charge in [0.2, 0.25) is 0 Å². The number of hydrogen-bond acceptors (Lipinski definition) is 2. The Kier molecular flexibility index (Phi) is 2.60. The quantitative estimate of drug-likeness (QED) is 0.720. The number of carbonyl (C=O) groups excluding carboxylic acids is 1. The highest BCUT2D eigenvalue weighted by atomic mass is 16.1. The van der Waals surface area contributed by atoms with E-state index in [2.05, 4.69) is 13.8 Å². The summed E-state index contributed by atoms with van der Waals surface area (Å²) in [6, 6.07) is 7.22. The van der Waals surface area contributed by atoms with Gasteiger partial charge in [-0.1, -0.05) is 19.9 Å². The molecule has 0 unspecified atom stereocenters. The molecule has 0 amide bonds. The Hall–Kier alpha value is -1.90. The van der Waals surface area contributed by atoms with E-state index in [-0.39, 0.29) is 11.1 Å². The van der Waals surface area contributed by atoms with Crippen LogP contribution in [-0.2, 0) is 0 Å². The Morgan fingerprint density at radius 1 is 1.19 bits per heavy atom. The third-order valence-corrected chi connectivity index (χ3v) is 2.70. The van der Waals surface area contributed by atoms with Crippen LogP contribution in [0.25, 0.3) is 5.52 Å². The molecule has 0 spiro atoms. The van der Waals surface area contributed by atoms with E-state index in [9.17, 15) is 9.59 Å². The predicted molar refractivity (Wildman–Crippen MR) is 63.1 cm³/mol. The summed E-state index contributed by atoms with van der Waals surface area (Å²) < 4.78 is 1.53. The number of aldehydes is 1. The number of rotatable bonds is 2. The smallest absolute Gasteiger partial charge is 0.265 e. The van der Waals surface area contributed by atoms with Crippen LogP contribution in [0.1, 0.15) is 35.7 Å². The number of nitrogens with zero attached hydrogens (tertiary/aromatic N) is 1. The molecule has 0 aliphatic carbocycles. The molecular weight excluding hydrogens is 202 g/mol. The molecule has 0 N–H and O–H groups in total. The van der Waals surface area contributed by atoms with Crippen molar-refractivity contribution in [1.29, 1.82) is 0 Å². The second kappa shape index (κ2) is 3.93. The monoisotopic (exact) mass is 215 g/mol. The summed E-state index contributed by atoms with van der Waals surface area (Å²) in [5.74, 6) is 0.358. The summed E-state index contributed by atoms with van der Waals surface area (Å²) in [6.45, 7) is 4.13. The molecule has 0 aliphatic heterocycles. The van der Waals surface area contributed by atoms with Gasteiger partial charge in [-0.2, -0.15) is 0 Å². The molecule has 2 aromatic heterocycles. The van der Waals surface area contributed by atoms with Gasteiger partial charge in [0.15, 0.2) is 6.29 Å². The second-order valence-corrected chi connectivity index (χ2v) is 4.12. The number of hydrogen-bond donors (Lipinski definition) is 0. The molecule has 0 atom stereocenters. The predicted octanol–water partition coefficient (Wildman–Crippen LogP) is 2.24. The Morgan fingerprint density at radius 3 is 2.50 bits per heavy atom. The largest absolute Gasteiger partial charge is 0.298 e. The Morgan fingerprint density at radius 2 is 1.88 bits per heavy atom. The molecule has 0 saturated heterocycles. The SMILES string of the molecule is CC(C)c1ccc2ccc(C=O)c(=O)n2c1. The molecule has 0 aromatic carbocycles. The van der Waals surface area contributed by atoms with Crippen molar-refractivity contribution in [2.45, 2.75) is 19.8 Å². The summed E-state index contributed by atoms with van der Waals surface area (Å²) in [4.78, 5) is 22.5. The third-order valence-electron chi connectivity index (χ3n) is 2.70. The fraction of sp³-hybridized carbons (Fsp3) is 0.231. The van der Waals surface area contributed by atoms with Gasteiger partial charge in [-0.05, 0) is 29.7 Å². The lowest BCUT2D eigenvalue weighted by Gasteiger charge is -2.08. The highest BCUT2D eigenvalue weighted by Gasteiger charge is 2.04. The number of aromatic nitrogens is 1. The summed E-state index contributed by atoms with van der Waals surface area (Å²) in [7, 11) is 0. The van der Waals surface area contributed by atoms with Crippen molar-refractivity contribution < 1.29 is 4.79 Å². The maximum Gasteiger partial charge on any atom is 0.265 e. The Bertz CT molecular complexity index is 596. The minimum absolute atomic E-state index is 0.193. The van der Waals surface area contributed by atoms with Gasteiger partial charge >= 0.3 is 0 Å². The van der Waals surface area contributed by atoms with E-state index in [1.165, 1.54) is 4.40 Å². The van der Waals surface area contributed by atoms with Gasteiger partial charge in [0, 0.05) is 11.7 Å². The number of pyridine rings is 2. The zero-order valence-corrected chi connectivity index (χ0v) is 9.31. The van der Waals surface area contributed by atoms with Crippen LogP contribution in [-0.4, -0.2) is 10.7 Å². The van der Waals surface area contributed by atoms with Crippen molar-refractivity contribution >= 4 is 11.8 Å². The molecule has 2 heterocycles. The molecule has 2 rings (SSSR count). The van der Waals surface area contributed by atoms with E-state index in [1.807, 2.05) is 12.1 Å². The molecule has 0 radical (unpaired) electrons. The molecule has 82 valence electrons. The molecular formula is C13H13NO2. The van der Waals surface area contributed by atoms with E-state index >= 15 is 0 Å². The molecule has 16 heavy (non-hydrogen) atoms. The molecule has 0 aliphatic rings. The fourth-order valence-corrected chi connectivity index (χ4v) is 1.66. The van der Waals surface area contributed by atoms with Gasteiger partial charge < -0.3 is 0 Å². The fourth-order valence-electron chi connectivity index (χ4n) is 1.66. The van der Waals surface area contributed by atoms with E-state index in [0.29, 0.717) is 12.2 Å². The van der Waals surface area contributed by atoms with Crippen LogP contribution in [0.5, 0.6) is 0 Å². The normalized spacial score (nSPS) is 10.9. The van der Waals surface area contributed by atoms with Crippen molar-refractivity contribution in [3.05, 3.63) is 51.9 Å². The van der Waals surface area contributed by atoms with Crippen molar-refractivity contribution in [2.24, 2.45) is 0 Å². The lowest BCUT2D eigenvalue weighted by molar-refractivity contribution is 0.112. The van der Waals surface area contributed by atoms with Gasteiger partial charge in [-0.3, -0.25) is 14.0 Å². The third kappa shape index (κ3) is 1.65. The highest BCUT2D eigenvalue weighted by Crippen LogP contribution is 2.14. The van der Waals surface area contributed by atoms with E-state index in [4.69, 9.17) is 0 Å². The zero-order chi connectivity index (χ0) is 11.7. The minimum atomic E-state index is -0.255. The first-order chi connectivity index (χ1) is 7.63. The van der Waals surface area contributed by atoms with E-state index in [1.54, 1.807) is 18.3 Å². The first-order valence-corrected chi connectivity index (χ1v) is 5.24. The van der Waals surface area contributed by atoms with Crippen molar-refractivity contribution in [2.75, 3.05) is 0 Å². The first-order valence-electron chi connectivity index (χ1n) is 5.24. The van der Waals surface area contributed by atoms with Crippen LogP contribution in [0, 0.1) is 0 Å². The number of carbonyl (C=O) groups is 1. The second-order valence-electron chi connectivity index (χ2n) is 4.12. The van der Waals surface area contributed by atoms with Crippen LogP contribution < -0.4 is 5.56 Å². The van der Waals surface area contributed by atoms with Crippen LogP contribution in [0.3, 0.4) is 0 Å². The van der Waals surface area contributed by atoms with Crippen molar-refractivity contribution in [3.8, 4) is 0 Å². The standard InChI is InChI=1S/C13H13NO2/c1-9(2)10-3-5-12-6-4-11(8-15)13(16)14(12)7-10/h3-9H,1-2H3. The van der Waals surface area contributed by atoms with E-state index < -0.39 is 0 Å². The molecule has 0 bridgehead atoms. The minimum Gasteiger partial charge on any atom is -0.298 e. The Labute approximate surface area is 93.3 Å². The van der Waals surface area contributed by atoms with Gasteiger partial charge in [0.05, 0.1) is 5.56 Å². The molecule has 0 fully saturated rings. The molecule has 3 heteroatoms. The molecule has 3 nitrogen and oxygen atoms in total. The topological polar surface area (TPSA) is 38.5 Å². The maximum atomic E-state index is 11.9. The Balaban J connectivity index is 2.79. The van der Waals surface area contributed by atoms with Crippen molar-refractivity contribution in [3.63, 3.8) is 0 Å². The zero-order valence-electron chi connectivity index (χ0n) is 9.31. The summed E-state index contributed by atoms with van der Waals surface area (Å²) in [5, 5.41) is 0. The first kappa shape index (κ1) is 10.6. The average molecular weight is 215 g/mol. The van der Waals surface area contributed by atoms with Gasteiger partial charge in [0.25, 0.3) is 5.56 Å².